The molecule has 5 nitrogen and oxygen atoms in total. The van der Waals surface area contributed by atoms with E-state index in [2.05, 4.69) is 15.7 Å². The van der Waals surface area contributed by atoms with Gasteiger partial charge in [0.05, 0.1) is 17.8 Å². The fourth-order valence-corrected chi connectivity index (χ4v) is 3.18. The lowest BCUT2D eigenvalue weighted by atomic mass is 10.1. The van der Waals surface area contributed by atoms with Gasteiger partial charge >= 0.3 is 6.18 Å². The molecule has 0 aliphatic carbocycles. The summed E-state index contributed by atoms with van der Waals surface area (Å²) in [6.45, 7) is 0.394. The summed E-state index contributed by atoms with van der Waals surface area (Å²) in [6, 6.07) is 12.4. The predicted molar refractivity (Wildman–Crippen MR) is 97.3 cm³/mol. The van der Waals surface area contributed by atoms with E-state index < -0.39 is 17.9 Å². The summed E-state index contributed by atoms with van der Waals surface area (Å²) in [5, 5.41) is 10.3. The second kappa shape index (κ2) is 7.32. The Kier molecular flexibility index (Phi) is 4.83. The lowest BCUT2D eigenvalue weighted by molar-refractivity contribution is -0.137. The number of alkyl halides is 3. The monoisotopic (exact) mass is 404 g/mol. The minimum Gasteiger partial charge on any atom is -0.347 e. The maximum atomic E-state index is 13.1. The number of fused-ring (bicyclic) bond motifs is 1. The predicted octanol–water partition coefficient (Wildman–Crippen LogP) is 3.74. The number of amides is 1. The highest BCUT2D eigenvalue weighted by Gasteiger charge is 2.31. The average molecular weight is 404 g/mol. The van der Waals surface area contributed by atoms with Crippen molar-refractivity contribution in [2.24, 2.45) is 0 Å². The molecule has 0 saturated heterocycles. The second-order valence-electron chi connectivity index (χ2n) is 6.67. The third kappa shape index (κ3) is 4.00. The molecule has 0 fully saturated rings. The van der Waals surface area contributed by atoms with E-state index in [1.807, 2.05) is 0 Å². The minimum atomic E-state index is -4.41. The van der Waals surface area contributed by atoms with E-state index in [1.54, 1.807) is 24.3 Å². The number of benzene rings is 2. The zero-order chi connectivity index (χ0) is 20.6. The number of aromatic nitrogens is 2. The van der Waals surface area contributed by atoms with Gasteiger partial charge in [-0.2, -0.15) is 18.3 Å². The molecule has 1 amide bonds. The van der Waals surface area contributed by atoms with Crippen molar-refractivity contribution < 1.29 is 22.4 Å². The van der Waals surface area contributed by atoms with Crippen molar-refractivity contribution in [2.75, 3.05) is 6.54 Å². The molecule has 1 aliphatic rings. The highest BCUT2D eigenvalue weighted by molar-refractivity contribution is 5.94. The second-order valence-corrected chi connectivity index (χ2v) is 6.67. The molecular weight excluding hydrogens is 388 g/mol. The van der Waals surface area contributed by atoms with Crippen molar-refractivity contribution in [3.8, 4) is 11.3 Å². The van der Waals surface area contributed by atoms with Crippen molar-refractivity contribution in [2.45, 2.75) is 18.9 Å². The molecule has 0 spiro atoms. The van der Waals surface area contributed by atoms with Crippen LogP contribution in [-0.4, -0.2) is 22.2 Å². The maximum absolute atomic E-state index is 13.1. The lowest BCUT2D eigenvalue weighted by Crippen LogP contribution is -2.45. The van der Waals surface area contributed by atoms with Gasteiger partial charge in [-0.1, -0.05) is 18.2 Å². The Morgan fingerprint density at radius 3 is 2.62 bits per heavy atom. The van der Waals surface area contributed by atoms with Crippen LogP contribution in [0.25, 0.3) is 11.3 Å². The van der Waals surface area contributed by atoms with E-state index in [1.165, 1.54) is 22.9 Å². The first-order chi connectivity index (χ1) is 13.8. The Bertz CT molecular complexity index is 1040. The van der Waals surface area contributed by atoms with Gasteiger partial charge in [-0.3, -0.25) is 10.1 Å². The van der Waals surface area contributed by atoms with Crippen LogP contribution in [0.1, 0.15) is 27.8 Å². The van der Waals surface area contributed by atoms with Crippen LogP contribution in [-0.2, 0) is 12.7 Å². The van der Waals surface area contributed by atoms with Gasteiger partial charge in [-0.15, -0.1) is 0 Å². The molecule has 3 aromatic rings. The molecule has 150 valence electrons. The zero-order valence-electron chi connectivity index (χ0n) is 15.0. The zero-order valence-corrected chi connectivity index (χ0v) is 15.0. The SMILES string of the molecule is O=C1NC[C@@H](NCc2cccc(C(F)(F)F)c2)n2nc(-c3ccc(F)cc3)cc21. The summed E-state index contributed by atoms with van der Waals surface area (Å²) >= 11 is 0. The number of carbonyl (C=O) groups excluding carboxylic acids is 1. The van der Waals surface area contributed by atoms with Gasteiger partial charge in [0, 0.05) is 12.1 Å². The third-order valence-corrected chi connectivity index (χ3v) is 4.66. The molecule has 1 atom stereocenters. The van der Waals surface area contributed by atoms with E-state index in [0.717, 1.165) is 12.1 Å². The molecule has 0 bridgehead atoms. The number of hydrogen-bond donors (Lipinski definition) is 2. The van der Waals surface area contributed by atoms with Crippen LogP contribution in [0.15, 0.2) is 54.6 Å². The molecule has 2 aromatic carbocycles. The number of hydrogen-bond acceptors (Lipinski definition) is 3. The van der Waals surface area contributed by atoms with Gasteiger partial charge < -0.3 is 5.32 Å². The summed E-state index contributed by atoms with van der Waals surface area (Å²) in [5.74, 6) is -0.681. The fourth-order valence-electron chi connectivity index (χ4n) is 3.18. The van der Waals surface area contributed by atoms with E-state index >= 15 is 0 Å². The molecule has 2 heterocycles. The van der Waals surface area contributed by atoms with E-state index in [4.69, 9.17) is 0 Å². The molecule has 0 unspecified atom stereocenters. The lowest BCUT2D eigenvalue weighted by Gasteiger charge is -2.26. The van der Waals surface area contributed by atoms with Gasteiger partial charge in [0.2, 0.25) is 0 Å². The number of rotatable bonds is 4. The summed E-state index contributed by atoms with van der Waals surface area (Å²) < 4.78 is 53.3. The Morgan fingerprint density at radius 2 is 1.90 bits per heavy atom. The van der Waals surface area contributed by atoms with Crippen molar-refractivity contribution in [1.29, 1.82) is 0 Å². The Morgan fingerprint density at radius 1 is 1.14 bits per heavy atom. The van der Waals surface area contributed by atoms with Crippen molar-refractivity contribution in [1.82, 2.24) is 20.4 Å². The fraction of sp³-hybridized carbons (Fsp3) is 0.200. The number of halogens is 4. The first kappa shape index (κ1) is 19.1. The van der Waals surface area contributed by atoms with Crippen LogP contribution in [0.2, 0.25) is 0 Å². The van der Waals surface area contributed by atoms with Crippen LogP contribution >= 0.6 is 0 Å². The van der Waals surface area contributed by atoms with Crippen molar-refractivity contribution in [3.05, 3.63) is 77.2 Å². The van der Waals surface area contributed by atoms with Crippen LogP contribution < -0.4 is 10.6 Å². The molecule has 9 heteroatoms. The van der Waals surface area contributed by atoms with Gasteiger partial charge in [0.15, 0.2) is 0 Å². The largest absolute Gasteiger partial charge is 0.416 e. The van der Waals surface area contributed by atoms with Crippen molar-refractivity contribution in [3.63, 3.8) is 0 Å². The van der Waals surface area contributed by atoms with E-state index in [9.17, 15) is 22.4 Å². The maximum Gasteiger partial charge on any atom is 0.416 e. The average Bonchev–Trinajstić information content (AvgIpc) is 3.14. The molecule has 0 saturated carbocycles. The summed E-state index contributed by atoms with van der Waals surface area (Å²) in [6.07, 6.45) is -4.85. The summed E-state index contributed by atoms with van der Waals surface area (Å²) in [4.78, 5) is 12.2. The minimum absolute atomic E-state index is 0.162. The summed E-state index contributed by atoms with van der Waals surface area (Å²) in [7, 11) is 0. The Balaban J connectivity index is 1.56. The summed E-state index contributed by atoms with van der Waals surface area (Å²) in [5.41, 5.74) is 1.22. The number of nitrogens with one attached hydrogen (secondary N) is 2. The van der Waals surface area contributed by atoms with E-state index in [0.29, 0.717) is 22.5 Å². The van der Waals surface area contributed by atoms with Crippen LogP contribution in [0.4, 0.5) is 17.6 Å². The first-order valence-electron chi connectivity index (χ1n) is 8.84. The molecule has 2 N–H and O–H groups in total. The topological polar surface area (TPSA) is 59.0 Å². The standard InChI is InChI=1S/C20H16F4N4O/c21-15-6-4-13(5-7-15)16-9-17-19(29)26-11-18(28(17)27-16)25-10-12-2-1-3-14(8-12)20(22,23)24/h1-9,18,25H,10-11H2,(H,26,29)/t18-/m0/s1. The normalized spacial score (nSPS) is 16.4. The first-order valence-corrected chi connectivity index (χ1v) is 8.84. The van der Waals surface area contributed by atoms with Gasteiger partial charge in [0.25, 0.3) is 5.91 Å². The molecule has 1 aliphatic heterocycles. The molecule has 29 heavy (non-hydrogen) atoms. The van der Waals surface area contributed by atoms with Crippen LogP contribution in [0.3, 0.4) is 0 Å². The van der Waals surface area contributed by atoms with Gasteiger partial charge in [-0.25, -0.2) is 9.07 Å². The molecular formula is C20H16F4N4O. The van der Waals surface area contributed by atoms with E-state index in [-0.39, 0.29) is 24.8 Å². The third-order valence-electron chi connectivity index (χ3n) is 4.66. The number of nitrogens with zero attached hydrogens (tertiary/aromatic N) is 2. The van der Waals surface area contributed by atoms with Gasteiger partial charge in [-0.05, 0) is 42.0 Å². The van der Waals surface area contributed by atoms with Crippen molar-refractivity contribution >= 4 is 5.91 Å². The number of carbonyl (C=O) groups is 1. The van der Waals surface area contributed by atoms with Crippen LogP contribution in [0.5, 0.6) is 0 Å². The van der Waals surface area contributed by atoms with Gasteiger partial charge in [0.1, 0.15) is 17.7 Å². The smallest absolute Gasteiger partial charge is 0.347 e. The highest BCUT2D eigenvalue weighted by Crippen LogP contribution is 2.29. The molecule has 4 rings (SSSR count). The quantitative estimate of drug-likeness (QED) is 0.652. The Hall–Kier alpha value is -3.20. The molecule has 0 radical (unpaired) electrons. The van der Waals surface area contributed by atoms with Crippen LogP contribution in [0, 0.1) is 5.82 Å². The molecule has 1 aromatic heterocycles. The Labute approximate surface area is 163 Å². The highest BCUT2D eigenvalue weighted by atomic mass is 19.4.